The van der Waals surface area contributed by atoms with Gasteiger partial charge in [-0.15, -0.1) is 6.58 Å². The van der Waals surface area contributed by atoms with Crippen LogP contribution < -0.4 is 10.1 Å². The van der Waals surface area contributed by atoms with Crippen molar-refractivity contribution in [2.75, 3.05) is 7.11 Å². The molecule has 0 radical (unpaired) electrons. The Balaban J connectivity index is 3.04. The second-order valence-electron chi connectivity index (χ2n) is 5.01. The van der Waals surface area contributed by atoms with Crippen molar-refractivity contribution >= 4 is 11.9 Å². The number of carboxylic acid groups (broad SMARTS) is 1. The van der Waals surface area contributed by atoms with E-state index in [1.165, 1.54) is 7.11 Å². The third-order valence-corrected chi connectivity index (χ3v) is 3.20. The van der Waals surface area contributed by atoms with Crippen LogP contribution in [0.1, 0.15) is 31.7 Å². The van der Waals surface area contributed by atoms with Gasteiger partial charge in [0.2, 0.25) is 5.91 Å². The van der Waals surface area contributed by atoms with Crippen molar-refractivity contribution in [1.29, 1.82) is 0 Å². The highest BCUT2D eigenvalue weighted by Crippen LogP contribution is 2.28. The van der Waals surface area contributed by atoms with Crippen LogP contribution in [0.4, 0.5) is 0 Å². The Morgan fingerprint density at radius 1 is 1.48 bits per heavy atom. The zero-order valence-electron chi connectivity index (χ0n) is 12.4. The predicted octanol–water partition coefficient (Wildman–Crippen LogP) is 2.47. The highest BCUT2D eigenvalue weighted by atomic mass is 16.5. The van der Waals surface area contributed by atoms with Gasteiger partial charge < -0.3 is 15.2 Å². The molecule has 5 nitrogen and oxygen atoms in total. The van der Waals surface area contributed by atoms with Crippen molar-refractivity contribution in [2.24, 2.45) is 0 Å². The van der Waals surface area contributed by atoms with Gasteiger partial charge in [-0.25, -0.2) is 0 Å². The first kappa shape index (κ1) is 16.8. The minimum Gasteiger partial charge on any atom is -0.497 e. The summed E-state index contributed by atoms with van der Waals surface area (Å²) < 4.78 is 5.15. The topological polar surface area (TPSA) is 75.6 Å². The first-order valence-corrected chi connectivity index (χ1v) is 6.69. The Morgan fingerprint density at radius 2 is 2.19 bits per heavy atom. The lowest BCUT2D eigenvalue weighted by Gasteiger charge is -2.30. The number of benzene rings is 1. The molecule has 5 heteroatoms. The number of hydrogen-bond donors (Lipinski definition) is 2. The SMILES string of the molecule is C=CCCC(=O)NC(C)(CC(=O)O)c1cccc(OC)c1. The molecule has 1 amide bonds. The van der Waals surface area contributed by atoms with Gasteiger partial charge in [0, 0.05) is 6.42 Å². The van der Waals surface area contributed by atoms with Crippen molar-refractivity contribution in [2.45, 2.75) is 31.7 Å². The van der Waals surface area contributed by atoms with Crippen molar-refractivity contribution in [3.05, 3.63) is 42.5 Å². The number of hydrogen-bond acceptors (Lipinski definition) is 3. The minimum atomic E-state index is -0.987. The number of nitrogens with one attached hydrogen (secondary N) is 1. The molecular formula is C16H21NO4. The smallest absolute Gasteiger partial charge is 0.306 e. The van der Waals surface area contributed by atoms with Gasteiger partial charge in [0.25, 0.3) is 0 Å². The fourth-order valence-corrected chi connectivity index (χ4v) is 2.09. The third kappa shape index (κ3) is 4.95. The molecule has 0 heterocycles. The van der Waals surface area contributed by atoms with E-state index < -0.39 is 11.5 Å². The van der Waals surface area contributed by atoms with Crippen molar-refractivity contribution in [1.82, 2.24) is 5.32 Å². The quantitative estimate of drug-likeness (QED) is 0.721. The maximum Gasteiger partial charge on any atom is 0.306 e. The molecular weight excluding hydrogens is 270 g/mol. The van der Waals surface area contributed by atoms with Crippen LogP contribution in [-0.4, -0.2) is 24.1 Å². The van der Waals surface area contributed by atoms with E-state index in [4.69, 9.17) is 9.84 Å². The highest BCUT2D eigenvalue weighted by Gasteiger charge is 2.31. The van der Waals surface area contributed by atoms with Crippen LogP contribution in [0, 0.1) is 0 Å². The molecule has 0 saturated carbocycles. The van der Waals surface area contributed by atoms with Gasteiger partial charge in [-0.2, -0.15) is 0 Å². The van der Waals surface area contributed by atoms with E-state index in [9.17, 15) is 9.59 Å². The fourth-order valence-electron chi connectivity index (χ4n) is 2.09. The summed E-state index contributed by atoms with van der Waals surface area (Å²) in [5.74, 6) is -0.574. The van der Waals surface area contributed by atoms with E-state index in [2.05, 4.69) is 11.9 Å². The Bertz CT molecular complexity index is 527. The van der Waals surface area contributed by atoms with E-state index in [1.54, 1.807) is 37.3 Å². The van der Waals surface area contributed by atoms with Gasteiger partial charge in [0.15, 0.2) is 0 Å². The Kier molecular flexibility index (Phi) is 5.96. The first-order chi connectivity index (χ1) is 9.91. The van der Waals surface area contributed by atoms with Crippen LogP contribution in [0.15, 0.2) is 36.9 Å². The number of carbonyl (C=O) groups is 2. The van der Waals surface area contributed by atoms with Gasteiger partial charge in [0.1, 0.15) is 5.75 Å². The minimum absolute atomic E-state index is 0.207. The van der Waals surface area contributed by atoms with E-state index in [-0.39, 0.29) is 18.7 Å². The van der Waals surface area contributed by atoms with Crippen LogP contribution >= 0.6 is 0 Å². The average Bonchev–Trinajstić information content (AvgIpc) is 2.44. The van der Waals surface area contributed by atoms with Gasteiger partial charge in [0.05, 0.1) is 19.1 Å². The lowest BCUT2D eigenvalue weighted by Crippen LogP contribution is -2.45. The number of carbonyl (C=O) groups excluding carboxylic acids is 1. The van der Waals surface area contributed by atoms with Crippen LogP contribution in [-0.2, 0) is 15.1 Å². The van der Waals surface area contributed by atoms with Gasteiger partial charge in [-0.3, -0.25) is 9.59 Å². The van der Waals surface area contributed by atoms with E-state index in [1.807, 2.05) is 0 Å². The summed E-state index contributed by atoms with van der Waals surface area (Å²) in [5, 5.41) is 11.9. The third-order valence-electron chi connectivity index (χ3n) is 3.20. The summed E-state index contributed by atoms with van der Waals surface area (Å²) in [6.45, 7) is 5.26. The van der Waals surface area contributed by atoms with E-state index in [0.29, 0.717) is 17.7 Å². The highest BCUT2D eigenvalue weighted by molar-refractivity contribution is 5.78. The molecule has 0 bridgehead atoms. The molecule has 0 spiro atoms. The van der Waals surface area contributed by atoms with Gasteiger partial charge >= 0.3 is 5.97 Å². The standard InChI is InChI=1S/C16H21NO4/c1-4-5-9-14(18)17-16(2,11-15(19)20)12-7-6-8-13(10-12)21-3/h4,6-8,10H,1,5,9,11H2,2-3H3,(H,17,18)(H,19,20). The Hall–Kier alpha value is -2.30. The van der Waals surface area contributed by atoms with Gasteiger partial charge in [-0.1, -0.05) is 18.2 Å². The normalized spacial score (nSPS) is 13.0. The molecule has 0 fully saturated rings. The van der Waals surface area contributed by atoms with Crippen molar-refractivity contribution in [3.63, 3.8) is 0 Å². The van der Waals surface area contributed by atoms with Crippen molar-refractivity contribution < 1.29 is 19.4 Å². The lowest BCUT2D eigenvalue weighted by molar-refractivity contribution is -0.139. The van der Waals surface area contributed by atoms with E-state index in [0.717, 1.165) is 0 Å². The average molecular weight is 291 g/mol. The van der Waals surface area contributed by atoms with E-state index >= 15 is 0 Å². The first-order valence-electron chi connectivity index (χ1n) is 6.69. The fraction of sp³-hybridized carbons (Fsp3) is 0.375. The summed E-state index contributed by atoms with van der Waals surface area (Å²) in [4.78, 5) is 23.1. The number of ether oxygens (including phenoxy) is 1. The molecule has 0 aliphatic carbocycles. The summed E-state index contributed by atoms with van der Waals surface area (Å²) >= 11 is 0. The maximum atomic E-state index is 11.9. The van der Waals surface area contributed by atoms with Crippen molar-refractivity contribution in [3.8, 4) is 5.75 Å². The second-order valence-corrected chi connectivity index (χ2v) is 5.01. The number of carboxylic acids is 1. The molecule has 1 atom stereocenters. The van der Waals surface area contributed by atoms with Crippen LogP contribution in [0.3, 0.4) is 0 Å². The molecule has 21 heavy (non-hydrogen) atoms. The molecule has 2 N–H and O–H groups in total. The Morgan fingerprint density at radius 3 is 2.76 bits per heavy atom. The summed E-state index contributed by atoms with van der Waals surface area (Å²) in [7, 11) is 1.54. The molecule has 0 saturated heterocycles. The zero-order valence-corrected chi connectivity index (χ0v) is 12.4. The number of aliphatic carboxylic acids is 1. The zero-order chi connectivity index (χ0) is 15.9. The number of allylic oxidation sites excluding steroid dienone is 1. The van der Waals surface area contributed by atoms with Gasteiger partial charge in [-0.05, 0) is 31.0 Å². The Labute approximate surface area is 124 Å². The monoisotopic (exact) mass is 291 g/mol. The lowest BCUT2D eigenvalue weighted by atomic mass is 9.88. The summed E-state index contributed by atoms with van der Waals surface area (Å²) in [5.41, 5.74) is -0.297. The molecule has 1 aromatic carbocycles. The molecule has 0 aromatic heterocycles. The van der Waals surface area contributed by atoms with Crippen LogP contribution in [0.2, 0.25) is 0 Å². The molecule has 1 rings (SSSR count). The largest absolute Gasteiger partial charge is 0.497 e. The summed E-state index contributed by atoms with van der Waals surface area (Å²) in [6.07, 6.45) is 2.27. The molecule has 1 unspecified atom stereocenters. The number of amides is 1. The van der Waals surface area contributed by atoms with Crippen LogP contribution in [0.25, 0.3) is 0 Å². The maximum absolute atomic E-state index is 11.9. The molecule has 0 aliphatic heterocycles. The summed E-state index contributed by atoms with van der Waals surface area (Å²) in [6, 6.07) is 7.05. The molecule has 0 aliphatic rings. The molecule has 1 aromatic rings. The number of methoxy groups -OCH3 is 1. The van der Waals surface area contributed by atoms with Crippen LogP contribution in [0.5, 0.6) is 5.75 Å². The predicted molar refractivity (Wildman–Crippen MR) is 80.2 cm³/mol. The number of rotatable bonds is 8. The second kappa shape index (κ2) is 7.47. The molecule has 114 valence electrons.